The van der Waals surface area contributed by atoms with E-state index in [4.69, 9.17) is 0 Å². The Hall–Kier alpha value is -1.79. The predicted octanol–water partition coefficient (Wildman–Crippen LogP) is -0.369. The molecule has 1 atom stereocenters. The first-order valence-corrected chi connectivity index (χ1v) is 5.39. The fourth-order valence-corrected chi connectivity index (χ4v) is 1.53. The maximum Gasteiger partial charge on any atom is 0.336 e. The van der Waals surface area contributed by atoms with Crippen molar-refractivity contribution in [3.05, 3.63) is 0 Å². The van der Waals surface area contributed by atoms with E-state index in [2.05, 4.69) is 15.5 Å². The summed E-state index contributed by atoms with van der Waals surface area (Å²) in [5.41, 5.74) is 2.41. The largest absolute Gasteiger partial charge is 0.469 e. The molecule has 1 unspecified atom stereocenters. The molecule has 7 nitrogen and oxygen atoms in total. The zero-order chi connectivity index (χ0) is 13.0. The Labute approximate surface area is 99.4 Å². The third-order valence-corrected chi connectivity index (χ3v) is 2.29. The molecule has 0 aliphatic carbocycles. The van der Waals surface area contributed by atoms with Gasteiger partial charge in [0.05, 0.1) is 19.6 Å². The minimum atomic E-state index is -0.605. The quantitative estimate of drug-likeness (QED) is 0.648. The molecule has 3 amide bonds. The highest BCUT2D eigenvalue weighted by Crippen LogP contribution is 2.12. The van der Waals surface area contributed by atoms with Gasteiger partial charge in [0.25, 0.3) is 0 Å². The Kier molecular flexibility index (Phi) is 4.30. The maximum absolute atomic E-state index is 11.7. The van der Waals surface area contributed by atoms with Crippen molar-refractivity contribution in [3.8, 4) is 0 Å². The monoisotopic (exact) mass is 243 g/mol. The molecule has 0 bridgehead atoms. The van der Waals surface area contributed by atoms with Crippen molar-refractivity contribution >= 4 is 17.9 Å². The highest BCUT2D eigenvalue weighted by atomic mass is 16.5. The van der Waals surface area contributed by atoms with Crippen LogP contribution >= 0.6 is 0 Å². The van der Waals surface area contributed by atoms with Crippen molar-refractivity contribution in [1.29, 1.82) is 0 Å². The van der Waals surface area contributed by atoms with E-state index in [9.17, 15) is 14.4 Å². The minimum Gasteiger partial charge on any atom is -0.469 e. The van der Waals surface area contributed by atoms with Gasteiger partial charge in [-0.05, 0) is 13.8 Å². The van der Waals surface area contributed by atoms with E-state index >= 15 is 0 Å². The first-order chi connectivity index (χ1) is 7.93. The minimum absolute atomic E-state index is 0.0398. The molecule has 0 radical (unpaired) electrons. The van der Waals surface area contributed by atoms with E-state index in [1.165, 1.54) is 7.11 Å². The Morgan fingerprint density at radius 2 is 2.18 bits per heavy atom. The van der Waals surface area contributed by atoms with Gasteiger partial charge in [-0.25, -0.2) is 9.80 Å². The highest BCUT2D eigenvalue weighted by molar-refractivity contribution is 5.87. The molecule has 0 saturated carbocycles. The molecule has 1 aliphatic heterocycles. The molecule has 1 aliphatic rings. The van der Waals surface area contributed by atoms with Crippen LogP contribution in [0.3, 0.4) is 0 Å². The zero-order valence-corrected chi connectivity index (χ0v) is 10.1. The Morgan fingerprint density at radius 1 is 1.53 bits per heavy atom. The number of amides is 3. The van der Waals surface area contributed by atoms with Gasteiger partial charge in [-0.2, -0.15) is 0 Å². The van der Waals surface area contributed by atoms with Gasteiger partial charge in [0.2, 0.25) is 5.91 Å². The van der Waals surface area contributed by atoms with E-state index in [0.29, 0.717) is 0 Å². The number of ether oxygens (including phenoxy) is 1. The lowest BCUT2D eigenvalue weighted by molar-refractivity contribution is -0.151. The van der Waals surface area contributed by atoms with Crippen LogP contribution in [-0.4, -0.2) is 42.6 Å². The van der Waals surface area contributed by atoms with E-state index < -0.39 is 17.9 Å². The number of methoxy groups -OCH3 is 1. The number of hydrazine groups is 1. The summed E-state index contributed by atoms with van der Waals surface area (Å²) < 4.78 is 4.57. The fourth-order valence-electron chi connectivity index (χ4n) is 1.53. The second-order valence-electron chi connectivity index (χ2n) is 4.17. The molecule has 0 aromatic rings. The predicted molar refractivity (Wildman–Crippen MR) is 58.6 cm³/mol. The molecule has 1 fully saturated rings. The van der Waals surface area contributed by atoms with E-state index in [0.717, 1.165) is 5.01 Å². The van der Waals surface area contributed by atoms with Crippen LogP contribution in [0.1, 0.15) is 20.3 Å². The number of hydrogen-bond acceptors (Lipinski definition) is 4. The number of hydrogen-bond donors (Lipinski definition) is 2. The van der Waals surface area contributed by atoms with Crippen LogP contribution in [0.15, 0.2) is 0 Å². The maximum atomic E-state index is 11.7. The van der Waals surface area contributed by atoms with Crippen molar-refractivity contribution in [2.24, 2.45) is 5.92 Å². The summed E-state index contributed by atoms with van der Waals surface area (Å²) in [5.74, 6) is -1.46. The molecule has 96 valence electrons. The molecule has 0 aromatic heterocycles. The standard InChI is InChI=1S/C10H17N3O4/c1-6(2)11-10(16)13-5-7(9(15)17-3)4-8(14)12-13/h6-7H,4-5H2,1-3H3,(H,11,16)(H,12,14). The second kappa shape index (κ2) is 5.51. The average molecular weight is 243 g/mol. The molecular formula is C10H17N3O4. The molecule has 1 saturated heterocycles. The van der Waals surface area contributed by atoms with Crippen LogP contribution in [-0.2, 0) is 14.3 Å². The summed E-state index contributed by atoms with van der Waals surface area (Å²) in [7, 11) is 1.26. The van der Waals surface area contributed by atoms with Crippen LogP contribution in [0, 0.1) is 5.92 Å². The summed E-state index contributed by atoms with van der Waals surface area (Å²) >= 11 is 0. The summed E-state index contributed by atoms with van der Waals surface area (Å²) in [6.07, 6.45) is 0.0398. The number of urea groups is 1. The zero-order valence-electron chi connectivity index (χ0n) is 10.1. The van der Waals surface area contributed by atoms with Crippen molar-refractivity contribution < 1.29 is 19.1 Å². The summed E-state index contributed by atoms with van der Waals surface area (Å²) in [5, 5.41) is 3.74. The van der Waals surface area contributed by atoms with Gasteiger partial charge in [0, 0.05) is 12.5 Å². The molecule has 1 heterocycles. The summed E-state index contributed by atoms with van der Waals surface area (Å²) in [6.45, 7) is 3.74. The van der Waals surface area contributed by atoms with Crippen molar-refractivity contribution in [2.45, 2.75) is 26.3 Å². The number of rotatable bonds is 2. The van der Waals surface area contributed by atoms with E-state index in [-0.39, 0.29) is 24.9 Å². The average Bonchev–Trinajstić information content (AvgIpc) is 2.26. The lowest BCUT2D eigenvalue weighted by Crippen LogP contribution is -2.58. The molecule has 17 heavy (non-hydrogen) atoms. The van der Waals surface area contributed by atoms with Gasteiger partial charge in [-0.1, -0.05) is 0 Å². The van der Waals surface area contributed by atoms with E-state index in [1.807, 2.05) is 13.8 Å². The summed E-state index contributed by atoms with van der Waals surface area (Å²) in [6, 6.07) is -0.472. The number of nitrogens with zero attached hydrogens (tertiary/aromatic N) is 1. The number of nitrogens with one attached hydrogen (secondary N) is 2. The molecule has 0 aromatic carbocycles. The lowest BCUT2D eigenvalue weighted by Gasteiger charge is -2.31. The van der Waals surface area contributed by atoms with Crippen LogP contribution in [0.5, 0.6) is 0 Å². The Morgan fingerprint density at radius 3 is 2.71 bits per heavy atom. The third kappa shape index (κ3) is 3.61. The number of carbonyl (C=O) groups excluding carboxylic acids is 3. The molecule has 1 rings (SSSR count). The van der Waals surface area contributed by atoms with Gasteiger partial charge in [-0.3, -0.25) is 15.0 Å². The van der Waals surface area contributed by atoms with Gasteiger partial charge < -0.3 is 10.1 Å². The van der Waals surface area contributed by atoms with Crippen molar-refractivity contribution in [1.82, 2.24) is 15.8 Å². The first-order valence-electron chi connectivity index (χ1n) is 5.39. The smallest absolute Gasteiger partial charge is 0.336 e. The fraction of sp³-hybridized carbons (Fsp3) is 0.700. The van der Waals surface area contributed by atoms with Crippen molar-refractivity contribution in [2.75, 3.05) is 13.7 Å². The Bertz CT molecular complexity index is 330. The van der Waals surface area contributed by atoms with Crippen LogP contribution in [0.4, 0.5) is 4.79 Å². The van der Waals surface area contributed by atoms with Crippen LogP contribution < -0.4 is 10.7 Å². The normalized spacial score (nSPS) is 19.9. The van der Waals surface area contributed by atoms with E-state index in [1.54, 1.807) is 0 Å². The van der Waals surface area contributed by atoms with Crippen LogP contribution in [0.2, 0.25) is 0 Å². The summed E-state index contributed by atoms with van der Waals surface area (Å²) in [4.78, 5) is 34.4. The number of carbonyl (C=O) groups is 3. The topological polar surface area (TPSA) is 87.7 Å². The van der Waals surface area contributed by atoms with Crippen molar-refractivity contribution in [3.63, 3.8) is 0 Å². The molecular weight excluding hydrogens is 226 g/mol. The lowest BCUT2D eigenvalue weighted by atomic mass is 10.0. The van der Waals surface area contributed by atoms with Crippen LogP contribution in [0.25, 0.3) is 0 Å². The van der Waals surface area contributed by atoms with Gasteiger partial charge in [0.1, 0.15) is 0 Å². The third-order valence-electron chi connectivity index (χ3n) is 2.29. The van der Waals surface area contributed by atoms with Gasteiger partial charge in [0.15, 0.2) is 0 Å². The number of esters is 1. The first kappa shape index (κ1) is 13.3. The molecule has 2 N–H and O–H groups in total. The highest BCUT2D eigenvalue weighted by Gasteiger charge is 2.33. The Balaban J connectivity index is 2.65. The van der Waals surface area contributed by atoms with Gasteiger partial charge in [-0.15, -0.1) is 0 Å². The SMILES string of the molecule is COC(=O)C1CC(=O)NN(C(=O)NC(C)C)C1. The molecule has 7 heteroatoms. The second-order valence-corrected chi connectivity index (χ2v) is 4.17. The molecule has 0 spiro atoms. The van der Waals surface area contributed by atoms with Gasteiger partial charge >= 0.3 is 12.0 Å².